The van der Waals surface area contributed by atoms with Gasteiger partial charge >= 0.3 is 0 Å². The molecule has 4 nitrogen and oxygen atoms in total. The van der Waals surface area contributed by atoms with Crippen LogP contribution in [0.4, 0.5) is 5.69 Å². The monoisotopic (exact) mass is 279 g/mol. The van der Waals surface area contributed by atoms with E-state index in [2.05, 4.69) is 31.2 Å². The topological polar surface area (TPSA) is 58.0 Å². The molecule has 0 fully saturated rings. The molecule has 0 saturated heterocycles. The van der Waals surface area contributed by atoms with Crippen LogP contribution in [0.5, 0.6) is 5.75 Å². The van der Waals surface area contributed by atoms with Crippen molar-refractivity contribution in [1.29, 1.82) is 0 Å². The summed E-state index contributed by atoms with van der Waals surface area (Å²) in [5.74, 6) is 0.173. The molecule has 5 heteroatoms. The van der Waals surface area contributed by atoms with Gasteiger partial charge in [-0.25, -0.2) is 4.98 Å². The number of aromatic nitrogens is 2. The molecule has 0 saturated carbocycles. The van der Waals surface area contributed by atoms with Gasteiger partial charge in [0.1, 0.15) is 10.4 Å². The maximum absolute atomic E-state index is 9.09. The first-order chi connectivity index (χ1) is 7.75. The van der Waals surface area contributed by atoms with Crippen molar-refractivity contribution in [2.75, 3.05) is 5.32 Å². The lowest BCUT2D eigenvalue weighted by molar-refractivity contribution is 0.472. The summed E-state index contributed by atoms with van der Waals surface area (Å²) < 4.78 is 0.772. The van der Waals surface area contributed by atoms with Crippen molar-refractivity contribution in [2.45, 2.75) is 6.54 Å². The van der Waals surface area contributed by atoms with Gasteiger partial charge in [0.15, 0.2) is 0 Å². The normalized spacial score (nSPS) is 10.1. The lowest BCUT2D eigenvalue weighted by Crippen LogP contribution is -2.02. The molecule has 82 valence electrons. The van der Waals surface area contributed by atoms with E-state index in [0.29, 0.717) is 6.54 Å². The predicted molar refractivity (Wildman–Crippen MR) is 65.2 cm³/mol. The Morgan fingerprint density at radius 2 is 2.12 bits per heavy atom. The second kappa shape index (κ2) is 4.94. The molecule has 2 aromatic heterocycles. The Kier molecular flexibility index (Phi) is 3.36. The molecule has 0 aromatic carbocycles. The van der Waals surface area contributed by atoms with Gasteiger partial charge in [0.25, 0.3) is 0 Å². The maximum atomic E-state index is 9.09. The van der Waals surface area contributed by atoms with Crippen molar-refractivity contribution in [2.24, 2.45) is 0 Å². The van der Waals surface area contributed by atoms with Crippen LogP contribution in [0.3, 0.4) is 0 Å². The van der Waals surface area contributed by atoms with Crippen LogP contribution in [0.25, 0.3) is 0 Å². The number of hydrogen-bond donors (Lipinski definition) is 2. The van der Waals surface area contributed by atoms with Gasteiger partial charge in [0.2, 0.25) is 0 Å². The molecule has 0 aliphatic carbocycles. The van der Waals surface area contributed by atoms with Crippen LogP contribution in [0.15, 0.2) is 41.3 Å². The minimum atomic E-state index is 0.173. The molecular weight excluding hydrogens is 270 g/mol. The standard InChI is InChI=1S/C11H10BrN3O/c12-11-10(2-1-5-13-11)15-6-8-3-4-9(16)7-14-8/h1-5,7,15-16H,6H2. The molecule has 2 aromatic rings. The number of rotatable bonds is 3. The van der Waals surface area contributed by atoms with Crippen LogP contribution in [0.2, 0.25) is 0 Å². The fourth-order valence-corrected chi connectivity index (χ4v) is 1.62. The van der Waals surface area contributed by atoms with Crippen LogP contribution in [-0.2, 0) is 6.54 Å². The highest BCUT2D eigenvalue weighted by Crippen LogP contribution is 2.18. The first-order valence-corrected chi connectivity index (χ1v) is 5.53. The molecule has 2 heterocycles. The molecule has 0 unspecified atom stereocenters. The number of halogens is 1. The predicted octanol–water partition coefficient (Wildman–Crippen LogP) is 2.56. The lowest BCUT2D eigenvalue weighted by Gasteiger charge is -2.06. The smallest absolute Gasteiger partial charge is 0.133 e. The minimum absolute atomic E-state index is 0.173. The highest BCUT2D eigenvalue weighted by atomic mass is 79.9. The van der Waals surface area contributed by atoms with Crippen LogP contribution in [0, 0.1) is 0 Å². The summed E-state index contributed by atoms with van der Waals surface area (Å²) in [4.78, 5) is 8.17. The fourth-order valence-electron chi connectivity index (χ4n) is 1.22. The third-order valence-corrected chi connectivity index (χ3v) is 2.66. The van der Waals surface area contributed by atoms with Crippen molar-refractivity contribution in [3.63, 3.8) is 0 Å². The summed E-state index contributed by atoms with van der Waals surface area (Å²) in [6, 6.07) is 7.17. The fraction of sp³-hybridized carbons (Fsp3) is 0.0909. The van der Waals surface area contributed by atoms with Gasteiger partial charge in [0, 0.05) is 6.20 Å². The first-order valence-electron chi connectivity index (χ1n) is 4.74. The molecule has 0 aliphatic rings. The molecule has 0 spiro atoms. The minimum Gasteiger partial charge on any atom is -0.506 e. The van der Waals surface area contributed by atoms with Crippen molar-refractivity contribution in [3.8, 4) is 5.75 Å². The molecule has 16 heavy (non-hydrogen) atoms. The highest BCUT2D eigenvalue weighted by Gasteiger charge is 1.99. The van der Waals surface area contributed by atoms with E-state index in [1.54, 1.807) is 18.3 Å². The number of aromatic hydroxyl groups is 1. The van der Waals surface area contributed by atoms with Crippen LogP contribution in [-0.4, -0.2) is 15.1 Å². The number of nitrogens with one attached hydrogen (secondary N) is 1. The Hall–Kier alpha value is -1.62. The molecule has 0 atom stereocenters. The third-order valence-electron chi connectivity index (χ3n) is 2.03. The Bertz CT molecular complexity index is 473. The second-order valence-electron chi connectivity index (χ2n) is 3.20. The van der Waals surface area contributed by atoms with Crippen LogP contribution >= 0.6 is 15.9 Å². The number of nitrogens with zero attached hydrogens (tertiary/aromatic N) is 2. The summed E-state index contributed by atoms with van der Waals surface area (Å²) in [5.41, 5.74) is 1.77. The lowest BCUT2D eigenvalue weighted by atomic mass is 10.3. The first kappa shape index (κ1) is 10.9. The van der Waals surface area contributed by atoms with E-state index in [1.807, 2.05) is 12.1 Å². The largest absolute Gasteiger partial charge is 0.506 e. The van der Waals surface area contributed by atoms with E-state index in [-0.39, 0.29) is 5.75 Å². The van der Waals surface area contributed by atoms with Gasteiger partial charge in [-0.15, -0.1) is 0 Å². The zero-order chi connectivity index (χ0) is 11.4. The maximum Gasteiger partial charge on any atom is 0.133 e. The van der Waals surface area contributed by atoms with Crippen molar-refractivity contribution in [1.82, 2.24) is 9.97 Å². The van der Waals surface area contributed by atoms with Gasteiger partial charge in [-0.1, -0.05) is 0 Å². The number of pyridine rings is 2. The Morgan fingerprint density at radius 3 is 2.81 bits per heavy atom. The highest BCUT2D eigenvalue weighted by molar-refractivity contribution is 9.10. The quantitative estimate of drug-likeness (QED) is 0.848. The van der Waals surface area contributed by atoms with E-state index < -0.39 is 0 Å². The van der Waals surface area contributed by atoms with E-state index >= 15 is 0 Å². The Balaban J connectivity index is 2.02. The molecule has 0 amide bonds. The molecular formula is C11H10BrN3O. The van der Waals surface area contributed by atoms with Crippen molar-refractivity contribution >= 4 is 21.6 Å². The summed E-state index contributed by atoms with van der Waals surface area (Å²) in [6.07, 6.45) is 3.14. The van der Waals surface area contributed by atoms with Crippen LogP contribution in [0.1, 0.15) is 5.69 Å². The number of hydrogen-bond acceptors (Lipinski definition) is 4. The van der Waals surface area contributed by atoms with Gasteiger partial charge < -0.3 is 10.4 Å². The van der Waals surface area contributed by atoms with Gasteiger partial charge in [-0.3, -0.25) is 4.98 Å². The van der Waals surface area contributed by atoms with E-state index in [4.69, 9.17) is 5.11 Å². The van der Waals surface area contributed by atoms with Crippen molar-refractivity contribution in [3.05, 3.63) is 47.0 Å². The zero-order valence-electron chi connectivity index (χ0n) is 8.39. The summed E-state index contributed by atoms with van der Waals surface area (Å²) in [5, 5.41) is 12.3. The van der Waals surface area contributed by atoms with E-state index in [0.717, 1.165) is 16.0 Å². The molecule has 0 bridgehead atoms. The Labute approximate surface area is 102 Å². The second-order valence-corrected chi connectivity index (χ2v) is 3.95. The summed E-state index contributed by atoms with van der Waals surface area (Å²) >= 11 is 3.35. The van der Waals surface area contributed by atoms with Gasteiger partial charge in [-0.05, 0) is 40.2 Å². The number of anilines is 1. The molecule has 2 rings (SSSR count). The molecule has 2 N–H and O–H groups in total. The Morgan fingerprint density at radius 1 is 1.25 bits per heavy atom. The molecule has 0 radical (unpaired) electrons. The van der Waals surface area contributed by atoms with E-state index in [1.165, 1.54) is 6.20 Å². The van der Waals surface area contributed by atoms with Crippen LogP contribution < -0.4 is 5.32 Å². The van der Waals surface area contributed by atoms with E-state index in [9.17, 15) is 0 Å². The zero-order valence-corrected chi connectivity index (χ0v) is 9.98. The summed E-state index contributed by atoms with van der Waals surface area (Å²) in [7, 11) is 0. The average molecular weight is 280 g/mol. The average Bonchev–Trinajstić information content (AvgIpc) is 2.30. The third kappa shape index (κ3) is 2.70. The van der Waals surface area contributed by atoms with Gasteiger partial charge in [-0.2, -0.15) is 0 Å². The molecule has 0 aliphatic heterocycles. The SMILES string of the molecule is Oc1ccc(CNc2cccnc2Br)nc1. The van der Waals surface area contributed by atoms with Gasteiger partial charge in [0.05, 0.1) is 24.1 Å². The van der Waals surface area contributed by atoms with Crippen molar-refractivity contribution < 1.29 is 5.11 Å². The summed E-state index contributed by atoms with van der Waals surface area (Å²) in [6.45, 7) is 0.588.